The van der Waals surface area contributed by atoms with Gasteiger partial charge in [-0.1, -0.05) is 0 Å². The molecule has 0 saturated heterocycles. The highest BCUT2D eigenvalue weighted by Crippen LogP contribution is 2.28. The Morgan fingerprint density at radius 2 is 2.13 bits per heavy atom. The SMILES string of the molecule is N#CCc1cc(O)c(C#N)c([N+](=O)[O-])c1. The van der Waals surface area contributed by atoms with Crippen LogP contribution in [0.2, 0.25) is 0 Å². The number of rotatable bonds is 2. The molecule has 1 N–H and O–H groups in total. The summed E-state index contributed by atoms with van der Waals surface area (Å²) in [6.45, 7) is 0. The third-order valence-corrected chi connectivity index (χ3v) is 1.75. The first kappa shape index (κ1) is 10.5. The number of nitriles is 2. The minimum absolute atomic E-state index is 0.0554. The molecule has 0 heterocycles. The van der Waals surface area contributed by atoms with Gasteiger partial charge in [0.05, 0.1) is 17.4 Å². The highest BCUT2D eigenvalue weighted by Gasteiger charge is 2.19. The molecule has 0 amide bonds. The van der Waals surface area contributed by atoms with E-state index in [-0.39, 0.29) is 12.0 Å². The van der Waals surface area contributed by atoms with Crippen molar-refractivity contribution in [2.24, 2.45) is 0 Å². The van der Waals surface area contributed by atoms with Crippen molar-refractivity contribution in [1.29, 1.82) is 10.5 Å². The average molecular weight is 203 g/mol. The molecule has 1 rings (SSSR count). The van der Waals surface area contributed by atoms with E-state index in [9.17, 15) is 15.2 Å². The van der Waals surface area contributed by atoms with Crippen LogP contribution in [-0.4, -0.2) is 10.0 Å². The van der Waals surface area contributed by atoms with E-state index in [2.05, 4.69) is 0 Å². The second-order valence-electron chi connectivity index (χ2n) is 2.71. The number of hydrogen-bond donors (Lipinski definition) is 1. The predicted molar refractivity (Wildman–Crippen MR) is 48.8 cm³/mol. The monoisotopic (exact) mass is 203 g/mol. The number of nitro benzene ring substituents is 1. The Hall–Kier alpha value is -2.60. The third-order valence-electron chi connectivity index (χ3n) is 1.75. The van der Waals surface area contributed by atoms with Crippen LogP contribution in [0.25, 0.3) is 0 Å². The summed E-state index contributed by atoms with van der Waals surface area (Å²) in [7, 11) is 0. The van der Waals surface area contributed by atoms with Crippen LogP contribution in [0.3, 0.4) is 0 Å². The van der Waals surface area contributed by atoms with Gasteiger partial charge in [0.15, 0.2) is 5.56 Å². The molecule has 0 unspecified atom stereocenters. The predicted octanol–water partition coefficient (Wildman–Crippen LogP) is 1.24. The largest absolute Gasteiger partial charge is 0.506 e. The smallest absolute Gasteiger partial charge is 0.291 e. The molecule has 0 aromatic heterocycles. The highest BCUT2D eigenvalue weighted by molar-refractivity contribution is 5.58. The summed E-state index contributed by atoms with van der Waals surface area (Å²) < 4.78 is 0. The molecule has 1 aromatic carbocycles. The summed E-state index contributed by atoms with van der Waals surface area (Å²) in [6.07, 6.45) is -0.0554. The Morgan fingerprint density at radius 1 is 1.47 bits per heavy atom. The molecule has 0 spiro atoms. The van der Waals surface area contributed by atoms with Gasteiger partial charge in [0.2, 0.25) is 0 Å². The van der Waals surface area contributed by atoms with Crippen LogP contribution in [-0.2, 0) is 6.42 Å². The van der Waals surface area contributed by atoms with Crippen LogP contribution in [0, 0.1) is 32.8 Å². The summed E-state index contributed by atoms with van der Waals surface area (Å²) in [4.78, 5) is 9.79. The molecule has 0 aliphatic heterocycles. The topological polar surface area (TPSA) is 111 Å². The first-order valence-corrected chi connectivity index (χ1v) is 3.87. The van der Waals surface area contributed by atoms with E-state index < -0.39 is 16.4 Å². The van der Waals surface area contributed by atoms with Gasteiger partial charge in [-0.3, -0.25) is 10.1 Å². The van der Waals surface area contributed by atoms with Crippen molar-refractivity contribution in [1.82, 2.24) is 0 Å². The van der Waals surface area contributed by atoms with Crippen molar-refractivity contribution in [2.45, 2.75) is 6.42 Å². The lowest BCUT2D eigenvalue weighted by Gasteiger charge is -2.00. The lowest BCUT2D eigenvalue weighted by Crippen LogP contribution is -1.95. The molecule has 0 bridgehead atoms. The van der Waals surface area contributed by atoms with Crippen LogP contribution < -0.4 is 0 Å². The van der Waals surface area contributed by atoms with E-state index in [0.717, 1.165) is 6.07 Å². The lowest BCUT2D eigenvalue weighted by molar-refractivity contribution is -0.385. The number of benzene rings is 1. The van der Waals surface area contributed by atoms with E-state index in [1.54, 1.807) is 6.07 Å². The Kier molecular flexibility index (Phi) is 2.85. The normalized spacial score (nSPS) is 8.93. The number of phenolic OH excluding ortho intramolecular Hbond substituents is 1. The molecule has 0 radical (unpaired) electrons. The fourth-order valence-corrected chi connectivity index (χ4v) is 1.12. The summed E-state index contributed by atoms with van der Waals surface area (Å²) in [6, 6.07) is 5.63. The molecular formula is C9H5N3O3. The second kappa shape index (κ2) is 4.07. The van der Waals surface area contributed by atoms with Gasteiger partial charge in [-0.05, 0) is 11.6 Å². The van der Waals surface area contributed by atoms with Crippen LogP contribution in [0.4, 0.5) is 5.69 Å². The van der Waals surface area contributed by atoms with Crippen molar-refractivity contribution >= 4 is 5.69 Å². The number of aromatic hydroxyl groups is 1. The number of nitro groups is 1. The summed E-state index contributed by atoms with van der Waals surface area (Å²) in [5.74, 6) is -0.475. The average Bonchev–Trinajstić information content (AvgIpc) is 2.17. The standard InChI is InChI=1S/C9H5N3O3/c10-2-1-6-3-8(12(14)15)7(5-11)9(13)4-6/h3-4,13H,1H2. The van der Waals surface area contributed by atoms with E-state index in [4.69, 9.17) is 10.5 Å². The Labute approximate surface area is 84.8 Å². The zero-order valence-electron chi connectivity index (χ0n) is 7.47. The molecule has 0 aliphatic carbocycles. The van der Waals surface area contributed by atoms with Crippen molar-refractivity contribution in [3.8, 4) is 17.9 Å². The van der Waals surface area contributed by atoms with Crippen molar-refractivity contribution < 1.29 is 10.0 Å². The summed E-state index contributed by atoms with van der Waals surface area (Å²) in [5.41, 5.74) is -0.565. The molecule has 0 aliphatic rings. The van der Waals surface area contributed by atoms with E-state index in [0.29, 0.717) is 5.56 Å². The fourth-order valence-electron chi connectivity index (χ4n) is 1.12. The Bertz CT molecular complexity index is 497. The zero-order valence-corrected chi connectivity index (χ0v) is 7.47. The van der Waals surface area contributed by atoms with Gasteiger partial charge in [-0.15, -0.1) is 0 Å². The molecular weight excluding hydrogens is 198 g/mol. The summed E-state index contributed by atoms with van der Waals surface area (Å²) >= 11 is 0. The maximum atomic E-state index is 10.5. The molecule has 6 heteroatoms. The minimum Gasteiger partial charge on any atom is -0.506 e. The Morgan fingerprint density at radius 3 is 2.60 bits per heavy atom. The minimum atomic E-state index is -0.765. The lowest BCUT2D eigenvalue weighted by atomic mass is 10.1. The second-order valence-corrected chi connectivity index (χ2v) is 2.71. The first-order valence-electron chi connectivity index (χ1n) is 3.87. The van der Waals surface area contributed by atoms with Crippen molar-refractivity contribution in [3.05, 3.63) is 33.4 Å². The van der Waals surface area contributed by atoms with E-state index in [1.165, 1.54) is 12.1 Å². The van der Waals surface area contributed by atoms with E-state index in [1.807, 2.05) is 0 Å². The third kappa shape index (κ3) is 2.01. The van der Waals surface area contributed by atoms with Gasteiger partial charge >= 0.3 is 0 Å². The van der Waals surface area contributed by atoms with Gasteiger partial charge in [0, 0.05) is 6.07 Å². The molecule has 74 valence electrons. The van der Waals surface area contributed by atoms with Crippen LogP contribution >= 0.6 is 0 Å². The van der Waals surface area contributed by atoms with Crippen LogP contribution in [0.15, 0.2) is 12.1 Å². The highest BCUT2D eigenvalue weighted by atomic mass is 16.6. The molecule has 1 aromatic rings. The number of hydrogen-bond acceptors (Lipinski definition) is 5. The molecule has 0 atom stereocenters. The maximum Gasteiger partial charge on any atom is 0.291 e. The van der Waals surface area contributed by atoms with E-state index >= 15 is 0 Å². The van der Waals surface area contributed by atoms with Gasteiger partial charge in [-0.2, -0.15) is 10.5 Å². The molecule has 0 saturated carbocycles. The quantitative estimate of drug-likeness (QED) is 0.574. The maximum absolute atomic E-state index is 10.5. The first-order chi connectivity index (χ1) is 7.10. The van der Waals surface area contributed by atoms with Gasteiger partial charge < -0.3 is 5.11 Å². The van der Waals surface area contributed by atoms with Crippen LogP contribution in [0.1, 0.15) is 11.1 Å². The number of nitrogens with zero attached hydrogens (tertiary/aromatic N) is 3. The van der Waals surface area contributed by atoms with Crippen molar-refractivity contribution in [2.75, 3.05) is 0 Å². The number of phenols is 1. The van der Waals surface area contributed by atoms with Crippen LogP contribution in [0.5, 0.6) is 5.75 Å². The molecule has 15 heavy (non-hydrogen) atoms. The van der Waals surface area contributed by atoms with Gasteiger partial charge in [0.1, 0.15) is 11.8 Å². The molecule has 6 nitrogen and oxygen atoms in total. The van der Waals surface area contributed by atoms with Gasteiger partial charge in [-0.25, -0.2) is 0 Å². The fraction of sp³-hybridized carbons (Fsp3) is 0.111. The zero-order chi connectivity index (χ0) is 11.4. The summed E-state index contributed by atoms with van der Waals surface area (Å²) in [5, 5.41) is 36.9. The Balaban J connectivity index is 3.41. The van der Waals surface area contributed by atoms with Gasteiger partial charge in [0.25, 0.3) is 5.69 Å². The van der Waals surface area contributed by atoms with Crippen molar-refractivity contribution in [3.63, 3.8) is 0 Å². The molecule has 0 fully saturated rings.